The van der Waals surface area contributed by atoms with Crippen molar-refractivity contribution >= 4 is 58.2 Å². The van der Waals surface area contributed by atoms with Crippen LogP contribution in [0.5, 0.6) is 0 Å². The van der Waals surface area contributed by atoms with Crippen molar-refractivity contribution in [2.45, 2.75) is 6.92 Å². The molecule has 0 aromatic heterocycles. The first-order chi connectivity index (χ1) is 11.0. The first-order valence-corrected chi connectivity index (χ1v) is 7.93. The second-order valence-electron chi connectivity index (χ2n) is 4.78. The summed E-state index contributed by atoms with van der Waals surface area (Å²) in [4.78, 5) is 11.9. The molecule has 0 spiro atoms. The van der Waals surface area contributed by atoms with Crippen molar-refractivity contribution in [3.63, 3.8) is 0 Å². The zero-order chi connectivity index (χ0) is 16.8. The summed E-state index contributed by atoms with van der Waals surface area (Å²) < 4.78 is 0. The number of amides is 1. The number of nitrogens with one attached hydrogen (secondary N) is 2. The maximum absolute atomic E-state index is 11.9. The van der Waals surface area contributed by atoms with E-state index >= 15 is 0 Å². The standard InChI is InChI=1S/C17H14Cl2N2OS/c1-11-5-7-12(8-6-11)9-10-15(22)20-17(23)21-16-13(18)3-2-4-14(16)19/h2-10H,1H3,(H2,20,21,22,23)/b10-9+. The molecule has 0 saturated heterocycles. The maximum Gasteiger partial charge on any atom is 0.250 e. The molecule has 0 bridgehead atoms. The first kappa shape index (κ1) is 17.5. The van der Waals surface area contributed by atoms with Gasteiger partial charge in [0, 0.05) is 6.08 Å². The number of carbonyl (C=O) groups excluding carboxylic acids is 1. The van der Waals surface area contributed by atoms with Crippen LogP contribution in [0.4, 0.5) is 5.69 Å². The van der Waals surface area contributed by atoms with Gasteiger partial charge < -0.3 is 5.32 Å². The molecule has 2 rings (SSSR count). The van der Waals surface area contributed by atoms with E-state index in [0.717, 1.165) is 11.1 Å². The SMILES string of the molecule is Cc1ccc(/C=C/C(=O)NC(=S)Nc2c(Cl)cccc2Cl)cc1. The van der Waals surface area contributed by atoms with E-state index in [1.54, 1.807) is 24.3 Å². The number of rotatable bonds is 3. The van der Waals surface area contributed by atoms with Crippen molar-refractivity contribution in [2.75, 3.05) is 5.32 Å². The lowest BCUT2D eigenvalue weighted by Gasteiger charge is -2.11. The van der Waals surface area contributed by atoms with Crippen LogP contribution in [0.15, 0.2) is 48.5 Å². The Labute approximate surface area is 150 Å². The number of hydrogen-bond acceptors (Lipinski definition) is 2. The number of benzene rings is 2. The summed E-state index contributed by atoms with van der Waals surface area (Å²) in [5.41, 5.74) is 2.55. The Bertz CT molecular complexity index is 737. The molecule has 2 N–H and O–H groups in total. The average molecular weight is 365 g/mol. The van der Waals surface area contributed by atoms with Crippen LogP contribution in [0.1, 0.15) is 11.1 Å². The third-order valence-electron chi connectivity index (χ3n) is 2.94. The number of anilines is 1. The van der Waals surface area contributed by atoms with Gasteiger partial charge >= 0.3 is 0 Å². The van der Waals surface area contributed by atoms with Crippen LogP contribution in [0.25, 0.3) is 6.08 Å². The summed E-state index contributed by atoms with van der Waals surface area (Å²) in [5.74, 6) is -0.341. The highest BCUT2D eigenvalue weighted by Gasteiger charge is 2.08. The molecule has 3 nitrogen and oxygen atoms in total. The Hall–Kier alpha value is -1.88. The van der Waals surface area contributed by atoms with Gasteiger partial charge in [-0.3, -0.25) is 10.1 Å². The van der Waals surface area contributed by atoms with Crippen LogP contribution >= 0.6 is 35.4 Å². The summed E-state index contributed by atoms with van der Waals surface area (Å²) in [7, 11) is 0. The fraction of sp³-hybridized carbons (Fsp3) is 0.0588. The summed E-state index contributed by atoms with van der Waals surface area (Å²) in [6.45, 7) is 2.00. The Kier molecular flexibility index (Phi) is 6.16. The minimum Gasteiger partial charge on any atom is -0.330 e. The number of hydrogen-bond donors (Lipinski definition) is 2. The monoisotopic (exact) mass is 364 g/mol. The number of carbonyl (C=O) groups is 1. The van der Waals surface area contributed by atoms with E-state index in [9.17, 15) is 4.79 Å². The van der Waals surface area contributed by atoms with Crippen LogP contribution in [0, 0.1) is 6.92 Å². The smallest absolute Gasteiger partial charge is 0.250 e. The minimum atomic E-state index is -0.341. The van der Waals surface area contributed by atoms with E-state index in [4.69, 9.17) is 35.4 Å². The predicted molar refractivity (Wildman–Crippen MR) is 101 cm³/mol. The molecule has 0 radical (unpaired) electrons. The van der Waals surface area contributed by atoms with Crippen LogP contribution in [0.3, 0.4) is 0 Å². The molecule has 0 atom stereocenters. The second kappa shape index (κ2) is 8.11. The lowest BCUT2D eigenvalue weighted by atomic mass is 10.1. The van der Waals surface area contributed by atoms with E-state index in [0.29, 0.717) is 15.7 Å². The zero-order valence-electron chi connectivity index (χ0n) is 12.3. The van der Waals surface area contributed by atoms with E-state index in [2.05, 4.69) is 10.6 Å². The molecule has 0 aliphatic rings. The van der Waals surface area contributed by atoms with Crippen molar-refractivity contribution in [2.24, 2.45) is 0 Å². The largest absolute Gasteiger partial charge is 0.330 e. The highest BCUT2D eigenvalue weighted by molar-refractivity contribution is 7.80. The quantitative estimate of drug-likeness (QED) is 0.605. The molecule has 0 unspecified atom stereocenters. The molecule has 0 heterocycles. The van der Waals surface area contributed by atoms with Crippen LogP contribution in [0.2, 0.25) is 10.0 Å². The molecule has 2 aromatic rings. The molecule has 0 aliphatic heterocycles. The molecule has 1 amide bonds. The molecule has 118 valence electrons. The normalized spacial score (nSPS) is 10.6. The topological polar surface area (TPSA) is 41.1 Å². The average Bonchev–Trinajstić information content (AvgIpc) is 2.50. The number of halogens is 2. The number of thiocarbonyl (C=S) groups is 1. The van der Waals surface area contributed by atoms with Gasteiger partial charge in [-0.25, -0.2) is 0 Å². The third-order valence-corrected chi connectivity index (χ3v) is 3.78. The summed E-state index contributed by atoms with van der Waals surface area (Å²) in [5, 5.41) is 6.32. The van der Waals surface area contributed by atoms with Crippen molar-refractivity contribution in [3.05, 3.63) is 69.7 Å². The zero-order valence-corrected chi connectivity index (χ0v) is 14.6. The van der Waals surface area contributed by atoms with E-state index in [1.807, 2.05) is 31.2 Å². The molecule has 23 heavy (non-hydrogen) atoms. The van der Waals surface area contributed by atoms with Gasteiger partial charge in [0.15, 0.2) is 5.11 Å². The molecular formula is C17H14Cl2N2OS. The van der Waals surface area contributed by atoms with E-state index in [-0.39, 0.29) is 11.0 Å². The van der Waals surface area contributed by atoms with Gasteiger partial charge in [0.25, 0.3) is 0 Å². The van der Waals surface area contributed by atoms with Gasteiger partial charge in [-0.05, 0) is 42.9 Å². The van der Waals surface area contributed by atoms with Crippen molar-refractivity contribution < 1.29 is 4.79 Å². The van der Waals surface area contributed by atoms with Crippen molar-refractivity contribution in [1.82, 2.24) is 5.32 Å². The van der Waals surface area contributed by atoms with Gasteiger partial charge in [-0.15, -0.1) is 0 Å². The van der Waals surface area contributed by atoms with Crippen LogP contribution in [-0.2, 0) is 4.79 Å². The van der Waals surface area contributed by atoms with Gasteiger partial charge in [-0.2, -0.15) is 0 Å². The fourth-order valence-electron chi connectivity index (χ4n) is 1.77. The van der Waals surface area contributed by atoms with Crippen LogP contribution in [-0.4, -0.2) is 11.0 Å². The lowest BCUT2D eigenvalue weighted by Crippen LogP contribution is -2.33. The molecular weight excluding hydrogens is 351 g/mol. The highest BCUT2D eigenvalue weighted by Crippen LogP contribution is 2.29. The highest BCUT2D eigenvalue weighted by atomic mass is 35.5. The Morgan fingerprint density at radius 2 is 1.70 bits per heavy atom. The maximum atomic E-state index is 11.9. The van der Waals surface area contributed by atoms with E-state index in [1.165, 1.54) is 6.08 Å². The minimum absolute atomic E-state index is 0.124. The van der Waals surface area contributed by atoms with Crippen molar-refractivity contribution in [3.8, 4) is 0 Å². The number of para-hydroxylation sites is 1. The van der Waals surface area contributed by atoms with Crippen molar-refractivity contribution in [1.29, 1.82) is 0 Å². The van der Waals surface area contributed by atoms with Gasteiger partial charge in [0.1, 0.15) is 0 Å². The van der Waals surface area contributed by atoms with Gasteiger partial charge in [0.05, 0.1) is 15.7 Å². The third kappa shape index (κ3) is 5.36. The predicted octanol–water partition coefficient (Wildman–Crippen LogP) is 4.83. The molecule has 0 aliphatic carbocycles. The Morgan fingerprint density at radius 3 is 2.30 bits per heavy atom. The molecule has 2 aromatic carbocycles. The fourth-order valence-corrected chi connectivity index (χ4v) is 2.46. The lowest BCUT2D eigenvalue weighted by molar-refractivity contribution is -0.115. The molecule has 0 fully saturated rings. The van der Waals surface area contributed by atoms with Gasteiger partial charge in [0.2, 0.25) is 5.91 Å². The number of aryl methyl sites for hydroxylation is 1. The molecule has 6 heteroatoms. The first-order valence-electron chi connectivity index (χ1n) is 6.76. The summed E-state index contributed by atoms with van der Waals surface area (Å²) in [6.07, 6.45) is 3.12. The second-order valence-corrected chi connectivity index (χ2v) is 6.01. The summed E-state index contributed by atoms with van der Waals surface area (Å²) in [6, 6.07) is 12.9. The molecule has 0 saturated carbocycles. The van der Waals surface area contributed by atoms with Crippen LogP contribution < -0.4 is 10.6 Å². The Morgan fingerprint density at radius 1 is 1.09 bits per heavy atom. The Balaban J connectivity index is 1.95. The summed E-state index contributed by atoms with van der Waals surface area (Å²) >= 11 is 17.1. The van der Waals surface area contributed by atoms with Gasteiger partial charge in [-0.1, -0.05) is 59.1 Å². The van der Waals surface area contributed by atoms with E-state index < -0.39 is 0 Å².